The van der Waals surface area contributed by atoms with Gasteiger partial charge in [0.1, 0.15) is 11.5 Å². The second-order valence-electron chi connectivity index (χ2n) is 9.13. The molecule has 0 atom stereocenters. The van der Waals surface area contributed by atoms with Crippen LogP contribution in [-0.4, -0.2) is 36.4 Å². The fraction of sp³-hybridized carbons (Fsp3) is 0.448. The number of fused-ring (bicyclic) bond motifs is 1. The number of nitrogens with zero attached hydrogens (tertiary/aromatic N) is 2. The van der Waals surface area contributed by atoms with Gasteiger partial charge in [0.05, 0.1) is 25.4 Å². The van der Waals surface area contributed by atoms with Crippen LogP contribution in [0.15, 0.2) is 36.5 Å². The van der Waals surface area contributed by atoms with E-state index in [-0.39, 0.29) is 6.04 Å². The first-order chi connectivity index (χ1) is 17.3. The summed E-state index contributed by atoms with van der Waals surface area (Å²) in [6.45, 7) is 8.15. The number of anilines is 1. The summed E-state index contributed by atoms with van der Waals surface area (Å²) in [5.41, 5.74) is 3.16. The lowest BCUT2D eigenvalue weighted by Crippen LogP contribution is -2.40. The van der Waals surface area contributed by atoms with E-state index >= 15 is 0 Å². The fourth-order valence-corrected chi connectivity index (χ4v) is 4.54. The molecule has 7 nitrogen and oxygen atoms in total. The summed E-state index contributed by atoms with van der Waals surface area (Å²) in [7, 11) is 3.18. The monoisotopic (exact) mass is 494 g/mol. The molecule has 194 valence electrons. The molecule has 1 amide bonds. The van der Waals surface area contributed by atoms with Crippen molar-refractivity contribution in [1.29, 1.82) is 0 Å². The van der Waals surface area contributed by atoms with Crippen molar-refractivity contribution in [3.63, 3.8) is 0 Å². The van der Waals surface area contributed by atoms with Crippen LogP contribution in [0.1, 0.15) is 63.5 Å². The smallest absolute Gasteiger partial charge is 0.412 e. The summed E-state index contributed by atoms with van der Waals surface area (Å²) < 4.78 is 17.2. The van der Waals surface area contributed by atoms with Crippen molar-refractivity contribution in [3.8, 4) is 23.0 Å². The zero-order chi connectivity index (χ0) is 26.2. The molecule has 3 aromatic rings. The minimum atomic E-state index is -0.912. The number of carbonyl (C=O) groups is 1. The quantitative estimate of drug-likeness (QED) is 0.276. The van der Waals surface area contributed by atoms with Gasteiger partial charge in [-0.2, -0.15) is 0 Å². The molecule has 0 spiro atoms. The molecule has 0 aliphatic heterocycles. The molecular weight excluding hydrogens is 456 g/mol. The molecule has 0 saturated carbocycles. The van der Waals surface area contributed by atoms with Gasteiger partial charge in [0.25, 0.3) is 0 Å². The highest BCUT2D eigenvalue weighted by Crippen LogP contribution is 2.39. The van der Waals surface area contributed by atoms with Crippen LogP contribution < -0.4 is 19.1 Å². The van der Waals surface area contributed by atoms with E-state index in [0.717, 1.165) is 66.2 Å². The van der Waals surface area contributed by atoms with Gasteiger partial charge in [-0.15, -0.1) is 0 Å². The normalized spacial score (nSPS) is 11.1. The van der Waals surface area contributed by atoms with Gasteiger partial charge in [0.2, 0.25) is 0 Å². The van der Waals surface area contributed by atoms with Crippen molar-refractivity contribution in [3.05, 3.63) is 47.7 Å². The topological polar surface area (TPSA) is 81.1 Å². The third-order valence-electron chi connectivity index (χ3n) is 6.53. The summed E-state index contributed by atoms with van der Waals surface area (Å²) in [5, 5.41) is 11.0. The standard InChI is InChI=1S/C29H38N2O5/c1-7-9-11-21(12-10-8-2)31(29(32)33)24-15-20(4)26(16-19(24)3)36-25-13-14-30-23-18-28(35-6)27(34-5)17-22(23)25/h13-18,21H,7-12H2,1-6H3,(H,32,33). The molecule has 0 saturated heterocycles. The molecule has 1 heterocycles. The minimum absolute atomic E-state index is 0.0427. The molecule has 36 heavy (non-hydrogen) atoms. The van der Waals surface area contributed by atoms with E-state index in [9.17, 15) is 9.90 Å². The highest BCUT2D eigenvalue weighted by atomic mass is 16.5. The van der Waals surface area contributed by atoms with Crippen molar-refractivity contribution >= 4 is 22.7 Å². The van der Waals surface area contributed by atoms with Crippen LogP contribution in [0.3, 0.4) is 0 Å². The highest BCUT2D eigenvalue weighted by molar-refractivity contribution is 5.89. The average molecular weight is 495 g/mol. The van der Waals surface area contributed by atoms with Crippen LogP contribution in [0, 0.1) is 13.8 Å². The van der Waals surface area contributed by atoms with Crippen molar-refractivity contribution < 1.29 is 24.1 Å². The summed E-state index contributed by atoms with van der Waals surface area (Å²) in [6.07, 6.45) is 6.57. The van der Waals surface area contributed by atoms with E-state index in [1.807, 2.05) is 44.2 Å². The molecule has 0 fully saturated rings. The molecule has 0 radical (unpaired) electrons. The van der Waals surface area contributed by atoms with E-state index in [2.05, 4.69) is 18.8 Å². The Morgan fingerprint density at radius 3 is 2.14 bits per heavy atom. The lowest BCUT2D eigenvalue weighted by atomic mass is 9.99. The van der Waals surface area contributed by atoms with Gasteiger partial charge in [-0.05, 0) is 62.1 Å². The number of benzene rings is 2. The number of methoxy groups -OCH3 is 2. The first-order valence-corrected chi connectivity index (χ1v) is 12.7. The van der Waals surface area contributed by atoms with Crippen molar-refractivity contribution in [1.82, 2.24) is 4.98 Å². The largest absolute Gasteiger partial charge is 0.493 e. The molecule has 0 bridgehead atoms. The number of aryl methyl sites for hydroxylation is 2. The molecule has 0 aliphatic rings. The van der Waals surface area contributed by atoms with Gasteiger partial charge in [0.15, 0.2) is 11.5 Å². The molecule has 0 aliphatic carbocycles. The lowest BCUT2D eigenvalue weighted by molar-refractivity contribution is 0.197. The van der Waals surface area contributed by atoms with Crippen LogP contribution in [-0.2, 0) is 0 Å². The predicted molar refractivity (Wildman–Crippen MR) is 144 cm³/mol. The Labute approximate surface area is 214 Å². The number of rotatable bonds is 12. The third kappa shape index (κ3) is 6.01. The van der Waals surface area contributed by atoms with Gasteiger partial charge < -0.3 is 19.3 Å². The summed E-state index contributed by atoms with van der Waals surface area (Å²) in [6, 6.07) is 9.29. The van der Waals surface area contributed by atoms with Crippen LogP contribution in [0.4, 0.5) is 10.5 Å². The Hall–Kier alpha value is -3.48. The van der Waals surface area contributed by atoms with E-state index < -0.39 is 6.09 Å². The second kappa shape index (κ2) is 12.5. The number of aromatic nitrogens is 1. The third-order valence-corrected chi connectivity index (χ3v) is 6.53. The van der Waals surface area contributed by atoms with Crippen LogP contribution in [0.2, 0.25) is 0 Å². The SMILES string of the molecule is CCCCC(CCCC)N(C(=O)O)c1cc(C)c(Oc2ccnc3cc(OC)c(OC)cc23)cc1C. The van der Waals surface area contributed by atoms with Crippen LogP contribution in [0.25, 0.3) is 10.9 Å². The maximum atomic E-state index is 12.4. The zero-order valence-corrected chi connectivity index (χ0v) is 22.3. The average Bonchev–Trinajstić information content (AvgIpc) is 2.87. The Bertz CT molecular complexity index is 1190. The molecule has 7 heteroatoms. The number of hydrogen-bond donors (Lipinski definition) is 1. The maximum absolute atomic E-state index is 12.4. The van der Waals surface area contributed by atoms with E-state index in [0.29, 0.717) is 23.0 Å². The van der Waals surface area contributed by atoms with Gasteiger partial charge in [-0.1, -0.05) is 39.5 Å². The first kappa shape index (κ1) is 27.1. The Morgan fingerprint density at radius 2 is 1.56 bits per heavy atom. The maximum Gasteiger partial charge on any atom is 0.412 e. The van der Waals surface area contributed by atoms with Crippen molar-refractivity contribution in [2.24, 2.45) is 0 Å². The lowest BCUT2D eigenvalue weighted by Gasteiger charge is -2.31. The molecule has 0 unspecified atom stereocenters. The second-order valence-corrected chi connectivity index (χ2v) is 9.13. The number of hydrogen-bond acceptors (Lipinski definition) is 5. The summed E-state index contributed by atoms with van der Waals surface area (Å²) in [4.78, 5) is 18.4. The van der Waals surface area contributed by atoms with Crippen LogP contribution >= 0.6 is 0 Å². The zero-order valence-electron chi connectivity index (χ0n) is 22.3. The minimum Gasteiger partial charge on any atom is -0.493 e. The number of amides is 1. The molecular formula is C29H38N2O5. The molecule has 1 aromatic heterocycles. The van der Waals surface area contributed by atoms with Crippen molar-refractivity contribution in [2.75, 3.05) is 19.1 Å². The van der Waals surface area contributed by atoms with Gasteiger partial charge in [-0.3, -0.25) is 9.88 Å². The highest BCUT2D eigenvalue weighted by Gasteiger charge is 2.26. The van der Waals surface area contributed by atoms with Gasteiger partial charge in [-0.25, -0.2) is 4.79 Å². The molecule has 3 rings (SSSR count). The number of pyridine rings is 1. The molecule has 2 aromatic carbocycles. The van der Waals surface area contributed by atoms with E-state index in [4.69, 9.17) is 14.2 Å². The summed E-state index contributed by atoms with van der Waals surface area (Å²) >= 11 is 0. The Morgan fingerprint density at radius 1 is 0.917 bits per heavy atom. The first-order valence-electron chi connectivity index (χ1n) is 12.7. The van der Waals surface area contributed by atoms with Crippen LogP contribution in [0.5, 0.6) is 23.0 Å². The summed E-state index contributed by atoms with van der Waals surface area (Å²) in [5.74, 6) is 2.49. The number of unbranched alkanes of at least 4 members (excludes halogenated alkanes) is 2. The van der Waals surface area contributed by atoms with E-state index in [1.54, 1.807) is 25.3 Å². The van der Waals surface area contributed by atoms with Gasteiger partial charge >= 0.3 is 6.09 Å². The number of ether oxygens (including phenoxy) is 3. The fourth-order valence-electron chi connectivity index (χ4n) is 4.54. The van der Waals surface area contributed by atoms with Crippen molar-refractivity contribution in [2.45, 2.75) is 72.3 Å². The number of carboxylic acid groups (broad SMARTS) is 1. The van der Waals surface area contributed by atoms with E-state index in [1.165, 1.54) is 0 Å². The van der Waals surface area contributed by atoms with Gasteiger partial charge in [0, 0.05) is 23.7 Å². The molecule has 1 N–H and O–H groups in total. The Kier molecular flexibility index (Phi) is 9.39. The Balaban J connectivity index is 2.00. The predicted octanol–water partition coefficient (Wildman–Crippen LogP) is 7.89.